The van der Waals surface area contributed by atoms with E-state index < -0.39 is 15.1 Å². The Morgan fingerprint density at radius 2 is 1.49 bits per heavy atom. The lowest BCUT2D eigenvalue weighted by Crippen LogP contribution is -2.34. The van der Waals surface area contributed by atoms with Crippen LogP contribution in [0.2, 0.25) is 0 Å². The zero-order chi connectivity index (χ0) is 27.0. The van der Waals surface area contributed by atoms with Crippen molar-refractivity contribution in [3.63, 3.8) is 0 Å². The Hall–Kier alpha value is -4.21. The first-order valence-corrected chi connectivity index (χ1v) is 14.2. The number of fused-ring (bicyclic) bond motifs is 1. The summed E-state index contributed by atoms with van der Waals surface area (Å²) >= 11 is -2.76. The van der Waals surface area contributed by atoms with Crippen molar-refractivity contribution < 1.29 is 11.4 Å². The van der Waals surface area contributed by atoms with E-state index in [1.54, 1.807) is 6.08 Å². The van der Waals surface area contributed by atoms with Gasteiger partial charge in [0.05, 0.1) is 18.1 Å². The van der Waals surface area contributed by atoms with Gasteiger partial charge in [-0.25, -0.2) is 4.98 Å². The molecule has 3 aromatic carbocycles. The van der Waals surface area contributed by atoms with Gasteiger partial charge < -0.3 is 11.4 Å². The Labute approximate surface area is 234 Å². The van der Waals surface area contributed by atoms with Crippen LogP contribution in [0.5, 0.6) is 11.5 Å². The first kappa shape index (κ1) is 26.4. The minimum absolute atomic E-state index is 0.245. The molecule has 0 fully saturated rings. The third-order valence-electron chi connectivity index (χ3n) is 6.16. The predicted octanol–water partition coefficient (Wildman–Crippen LogP) is 7.77. The van der Waals surface area contributed by atoms with Gasteiger partial charge in [-0.15, -0.1) is 0 Å². The summed E-state index contributed by atoms with van der Waals surface area (Å²) in [6, 6.07) is 32.1. The summed E-state index contributed by atoms with van der Waals surface area (Å²) in [5.41, 5.74) is 6.64. The lowest BCUT2D eigenvalue weighted by molar-refractivity contribution is 0.189. The van der Waals surface area contributed by atoms with E-state index in [4.69, 9.17) is 21.3 Å². The van der Waals surface area contributed by atoms with Crippen LogP contribution in [-0.4, -0.2) is 25.1 Å². The van der Waals surface area contributed by atoms with Crippen LogP contribution < -0.4 is 7.58 Å². The van der Waals surface area contributed by atoms with Gasteiger partial charge >= 0.3 is 15.1 Å². The summed E-state index contributed by atoms with van der Waals surface area (Å²) in [7, 11) is 0. The summed E-state index contributed by atoms with van der Waals surface area (Å²) in [4.78, 5) is 9.42. The summed E-state index contributed by atoms with van der Waals surface area (Å²) in [5.74, 6) is 1.32. The number of rotatable bonds is 10. The second-order valence-electron chi connectivity index (χ2n) is 9.09. The zero-order valence-corrected chi connectivity index (χ0v) is 23.2. The van der Waals surface area contributed by atoms with Gasteiger partial charge in [-0.05, 0) is 60.9 Å². The number of hydrogen-bond donors (Lipinski definition) is 0. The third kappa shape index (κ3) is 6.82. The summed E-state index contributed by atoms with van der Waals surface area (Å²) in [5, 5.41) is 0.996. The van der Waals surface area contributed by atoms with Gasteiger partial charge in [0.2, 0.25) is 0 Å². The number of benzene rings is 3. The fourth-order valence-electron chi connectivity index (χ4n) is 4.18. The molecule has 5 nitrogen and oxygen atoms in total. The first-order valence-electron chi connectivity index (χ1n) is 12.8. The van der Waals surface area contributed by atoms with Gasteiger partial charge in [-0.2, -0.15) is 0 Å². The standard InChI is InChI=1S/C12H10O.C11H12NO.C10H9NO.Al/c13-12-8-6-11(7-9-12)10-4-2-1-3-5-10;1-3-4-5-10-7-6-9(2)12-11(10)8-13;1-7-5-6-8-3-2-4-9(12)10(8)11-7;/h1-9,13H;3-7H,1,8H2,2H3;2-6,12H,1H3;/q;-1;;+3/p-2/b;5-4-;;. The van der Waals surface area contributed by atoms with Crippen molar-refractivity contribution in [2.24, 2.45) is 0 Å². The monoisotopic (exact) mass is 528 g/mol. The normalized spacial score (nSPS) is 11.0. The Morgan fingerprint density at radius 3 is 2.28 bits per heavy atom. The number of aryl methyl sites for hydroxylation is 2. The number of hydrogen-bond acceptors (Lipinski definition) is 5. The molecule has 0 aliphatic heterocycles. The molecule has 0 bridgehead atoms. The maximum atomic E-state index is 6.44. The average Bonchev–Trinajstić information content (AvgIpc) is 2.96. The average molecular weight is 529 g/mol. The number of nitrogens with zero attached hydrogens (tertiary/aromatic N) is 2. The molecular weight excluding hydrogens is 499 g/mol. The van der Waals surface area contributed by atoms with E-state index in [1.165, 1.54) is 0 Å². The minimum Gasteiger partial charge on any atom is -0.588 e. The van der Waals surface area contributed by atoms with Gasteiger partial charge in [-0.1, -0.05) is 91.5 Å². The van der Waals surface area contributed by atoms with Crippen molar-refractivity contribution in [1.82, 2.24) is 9.97 Å². The quantitative estimate of drug-likeness (QED) is 0.137. The molecule has 0 saturated carbocycles. The molecule has 6 heteroatoms. The van der Waals surface area contributed by atoms with Crippen LogP contribution in [0.4, 0.5) is 0 Å². The molecule has 0 unspecified atom stereocenters. The Bertz CT molecular complexity index is 1600. The topological polar surface area (TPSA) is 53.5 Å². The van der Waals surface area contributed by atoms with Crippen LogP contribution in [0.1, 0.15) is 22.6 Å². The summed E-state index contributed by atoms with van der Waals surface area (Å²) in [6.45, 7) is 7.94. The molecule has 0 aliphatic rings. The van der Waals surface area contributed by atoms with Crippen molar-refractivity contribution >= 4 is 32.1 Å². The molecular formula is C33H29AlN2O3. The highest BCUT2D eigenvalue weighted by Gasteiger charge is 2.40. The second kappa shape index (κ2) is 12.6. The third-order valence-corrected chi connectivity index (χ3v) is 7.51. The van der Waals surface area contributed by atoms with Crippen LogP contribution in [-0.2, 0) is 10.4 Å². The van der Waals surface area contributed by atoms with Crippen LogP contribution in [0.25, 0.3) is 28.1 Å². The van der Waals surface area contributed by atoms with Crippen molar-refractivity contribution in [2.75, 3.05) is 0 Å². The van der Waals surface area contributed by atoms with E-state index in [2.05, 4.69) is 18.7 Å². The van der Waals surface area contributed by atoms with Crippen molar-refractivity contribution in [1.29, 1.82) is 0 Å². The van der Waals surface area contributed by atoms with Gasteiger partial charge in [0, 0.05) is 16.8 Å². The van der Waals surface area contributed by atoms with E-state index in [0.717, 1.165) is 44.7 Å². The lowest BCUT2D eigenvalue weighted by atomic mass is 10.1. The maximum Gasteiger partial charge on any atom is 1.10 e. The van der Waals surface area contributed by atoms with Crippen LogP contribution in [0.3, 0.4) is 0 Å². The van der Waals surface area contributed by atoms with Gasteiger partial charge in [0.1, 0.15) is 11.3 Å². The molecule has 5 aromatic rings. The highest BCUT2D eigenvalue weighted by atomic mass is 27.3. The molecule has 0 saturated heterocycles. The second-order valence-corrected chi connectivity index (χ2v) is 10.5. The zero-order valence-electron chi connectivity index (χ0n) is 22.1. The molecule has 0 N–H and O–H groups in total. The lowest BCUT2D eigenvalue weighted by Gasteiger charge is -2.18. The Kier molecular flexibility index (Phi) is 8.50. The molecule has 5 rings (SSSR count). The van der Waals surface area contributed by atoms with E-state index in [9.17, 15) is 0 Å². The Morgan fingerprint density at radius 1 is 0.744 bits per heavy atom. The number of para-hydroxylation sites is 1. The van der Waals surface area contributed by atoms with Gasteiger partial charge in [-0.3, -0.25) is 4.98 Å². The highest BCUT2D eigenvalue weighted by molar-refractivity contribution is 6.38. The highest BCUT2D eigenvalue weighted by Crippen LogP contribution is 2.27. The minimum atomic E-state index is -2.76. The number of aromatic nitrogens is 2. The SMILES string of the molecule is C=C/C=C\c1ccc(C)nc1C[O][Al]([O]c1ccc(-c2ccccc2)cc1)[O]c1cccc2ccc(C)nc12. The van der Waals surface area contributed by atoms with E-state index in [0.29, 0.717) is 11.5 Å². The van der Waals surface area contributed by atoms with E-state index in [1.807, 2.05) is 111 Å². The molecule has 2 heterocycles. The van der Waals surface area contributed by atoms with Crippen LogP contribution in [0, 0.1) is 13.8 Å². The van der Waals surface area contributed by atoms with E-state index in [-0.39, 0.29) is 6.61 Å². The van der Waals surface area contributed by atoms with Crippen molar-refractivity contribution in [3.8, 4) is 22.6 Å². The predicted molar refractivity (Wildman–Crippen MR) is 158 cm³/mol. The van der Waals surface area contributed by atoms with Gasteiger partial charge in [0.15, 0.2) is 0 Å². The van der Waals surface area contributed by atoms with E-state index >= 15 is 0 Å². The molecule has 192 valence electrons. The van der Waals surface area contributed by atoms with Crippen LogP contribution >= 0.6 is 0 Å². The fraction of sp³-hybridized carbons (Fsp3) is 0.0909. The fourth-order valence-corrected chi connectivity index (χ4v) is 5.44. The smallest absolute Gasteiger partial charge is 0.588 e. The maximum absolute atomic E-state index is 6.44. The van der Waals surface area contributed by atoms with Crippen LogP contribution in [0.15, 0.2) is 116 Å². The molecule has 0 spiro atoms. The van der Waals surface area contributed by atoms with Crippen molar-refractivity contribution in [3.05, 3.63) is 138 Å². The summed E-state index contributed by atoms with van der Waals surface area (Å²) in [6.07, 6.45) is 5.59. The Balaban J connectivity index is 1.42. The molecule has 2 aromatic heterocycles. The molecule has 0 amide bonds. The number of allylic oxidation sites excluding steroid dienone is 2. The first-order chi connectivity index (χ1) is 19.1. The number of pyridine rings is 2. The molecule has 39 heavy (non-hydrogen) atoms. The summed E-state index contributed by atoms with van der Waals surface area (Å²) < 4.78 is 19.2. The molecule has 0 aliphatic carbocycles. The van der Waals surface area contributed by atoms with Gasteiger partial charge in [0.25, 0.3) is 0 Å². The largest absolute Gasteiger partial charge is 1.10 e. The molecule has 0 atom stereocenters. The van der Waals surface area contributed by atoms with Crippen molar-refractivity contribution in [2.45, 2.75) is 20.5 Å². The molecule has 0 radical (unpaired) electrons.